The van der Waals surface area contributed by atoms with Gasteiger partial charge in [-0.05, 0) is 6.42 Å². The van der Waals surface area contributed by atoms with Crippen molar-refractivity contribution in [3.8, 4) is 11.4 Å². The van der Waals surface area contributed by atoms with Crippen LogP contribution in [0.5, 0.6) is 0 Å². The molecule has 0 amide bonds. The molecule has 1 aromatic heterocycles. The lowest BCUT2D eigenvalue weighted by molar-refractivity contribution is 0.183. The summed E-state index contributed by atoms with van der Waals surface area (Å²) in [5.41, 5.74) is 8.40. The zero-order valence-electron chi connectivity index (χ0n) is 13.2. The van der Waals surface area contributed by atoms with Gasteiger partial charge in [-0.1, -0.05) is 50.6 Å². The molecule has 2 rings (SSSR count). The van der Waals surface area contributed by atoms with Crippen LogP contribution in [0.4, 0.5) is 5.82 Å². The maximum atomic E-state index is 6.36. The van der Waals surface area contributed by atoms with Gasteiger partial charge in [-0.15, -0.1) is 0 Å². The first-order valence-electron chi connectivity index (χ1n) is 7.59. The number of imidazole rings is 1. The van der Waals surface area contributed by atoms with E-state index in [0.29, 0.717) is 6.61 Å². The Morgan fingerprint density at radius 2 is 2.00 bits per heavy atom. The Morgan fingerprint density at radius 3 is 2.62 bits per heavy atom. The van der Waals surface area contributed by atoms with Crippen molar-refractivity contribution >= 4 is 5.82 Å². The molecule has 0 aliphatic rings. The molecule has 2 N–H and O–H groups in total. The highest BCUT2D eigenvalue weighted by Crippen LogP contribution is 2.29. The lowest BCUT2D eigenvalue weighted by atomic mass is 10.1. The number of benzene rings is 1. The quantitative estimate of drug-likeness (QED) is 0.845. The number of nitrogens with zero attached hydrogens (tertiary/aromatic N) is 2. The summed E-state index contributed by atoms with van der Waals surface area (Å²) in [6.07, 6.45) is 2.23. The van der Waals surface area contributed by atoms with Crippen LogP contribution in [-0.4, -0.2) is 23.3 Å². The number of unbranched alkanes of at least 4 members (excludes halogenated alkanes) is 1. The van der Waals surface area contributed by atoms with Gasteiger partial charge in [-0.2, -0.15) is 0 Å². The molecule has 4 heteroatoms. The third-order valence-corrected chi connectivity index (χ3v) is 3.69. The second-order valence-corrected chi connectivity index (χ2v) is 5.43. The smallest absolute Gasteiger partial charge is 0.141 e. The number of hydrogen-bond donors (Lipinski definition) is 1. The number of hydrogen-bond acceptors (Lipinski definition) is 3. The Bertz CT molecular complexity index is 563. The minimum absolute atomic E-state index is 0.195. The van der Waals surface area contributed by atoms with E-state index in [-0.39, 0.29) is 5.92 Å². The fraction of sp³-hybridized carbons (Fsp3) is 0.471. The molecule has 0 saturated heterocycles. The molecular weight excluding hydrogens is 262 g/mol. The molecule has 0 bridgehead atoms. The zero-order chi connectivity index (χ0) is 15.2. The summed E-state index contributed by atoms with van der Waals surface area (Å²) in [4.78, 5) is 4.81. The van der Waals surface area contributed by atoms with E-state index < -0.39 is 0 Å². The van der Waals surface area contributed by atoms with E-state index in [0.717, 1.165) is 42.3 Å². The first kappa shape index (κ1) is 15.6. The summed E-state index contributed by atoms with van der Waals surface area (Å²) in [5.74, 6) is 1.92. The molecule has 0 fully saturated rings. The highest BCUT2D eigenvalue weighted by molar-refractivity contribution is 5.61. The van der Waals surface area contributed by atoms with E-state index in [9.17, 15) is 0 Å². The highest BCUT2D eigenvalue weighted by atomic mass is 16.5. The molecule has 4 nitrogen and oxygen atoms in total. The lowest BCUT2D eigenvalue weighted by Crippen LogP contribution is -2.08. The molecule has 0 saturated carbocycles. The Labute approximate surface area is 127 Å². The molecule has 1 atom stereocenters. The van der Waals surface area contributed by atoms with Gasteiger partial charge in [0.25, 0.3) is 0 Å². The summed E-state index contributed by atoms with van der Waals surface area (Å²) in [6.45, 7) is 5.81. The number of nitrogen functional groups attached to an aromatic ring is 1. The average Bonchev–Trinajstić information content (AvgIpc) is 2.83. The summed E-state index contributed by atoms with van der Waals surface area (Å²) in [5, 5.41) is 0. The van der Waals surface area contributed by atoms with Gasteiger partial charge in [-0.3, -0.25) is 0 Å². The lowest BCUT2D eigenvalue weighted by Gasteiger charge is -2.10. The van der Waals surface area contributed by atoms with Crippen molar-refractivity contribution in [2.45, 2.75) is 39.2 Å². The molecule has 114 valence electrons. The van der Waals surface area contributed by atoms with E-state index in [2.05, 4.69) is 30.5 Å². The Morgan fingerprint density at radius 1 is 1.29 bits per heavy atom. The van der Waals surface area contributed by atoms with Crippen LogP contribution in [-0.2, 0) is 11.3 Å². The van der Waals surface area contributed by atoms with Gasteiger partial charge in [-0.25, -0.2) is 4.98 Å². The molecule has 0 aliphatic carbocycles. The molecule has 1 aromatic carbocycles. The van der Waals surface area contributed by atoms with Gasteiger partial charge in [0.2, 0.25) is 0 Å². The van der Waals surface area contributed by atoms with Crippen LogP contribution in [0.1, 0.15) is 38.3 Å². The normalized spacial score (nSPS) is 12.5. The van der Waals surface area contributed by atoms with Crippen LogP contribution in [0, 0.1) is 0 Å². The van der Waals surface area contributed by atoms with E-state index in [1.54, 1.807) is 7.11 Å². The molecule has 21 heavy (non-hydrogen) atoms. The van der Waals surface area contributed by atoms with Crippen LogP contribution >= 0.6 is 0 Å². The number of ether oxygens (including phenoxy) is 1. The maximum absolute atomic E-state index is 6.36. The van der Waals surface area contributed by atoms with Gasteiger partial charge < -0.3 is 15.0 Å². The Hall–Kier alpha value is -1.81. The van der Waals surface area contributed by atoms with Crippen molar-refractivity contribution in [1.82, 2.24) is 9.55 Å². The van der Waals surface area contributed by atoms with Crippen LogP contribution in [0.2, 0.25) is 0 Å². The summed E-state index contributed by atoms with van der Waals surface area (Å²) in [6, 6.07) is 10.2. The molecule has 2 aromatic rings. The first-order chi connectivity index (χ1) is 10.2. The minimum atomic E-state index is 0.195. The monoisotopic (exact) mass is 287 g/mol. The van der Waals surface area contributed by atoms with E-state index in [1.165, 1.54) is 0 Å². The van der Waals surface area contributed by atoms with Gasteiger partial charge in [0.15, 0.2) is 0 Å². The second-order valence-electron chi connectivity index (χ2n) is 5.43. The SMILES string of the molecule is CCCCn1c(-c2ccccc2)nc(C(C)COC)c1N. The van der Waals surface area contributed by atoms with Crippen LogP contribution in [0.15, 0.2) is 30.3 Å². The standard InChI is InChI=1S/C17H25N3O/c1-4-5-11-20-16(18)15(13(2)12-21-3)19-17(20)14-9-7-6-8-10-14/h6-10,13H,4-5,11-12,18H2,1-3H3. The Kier molecular flexibility index (Phi) is 5.39. The van der Waals surface area contributed by atoms with Crippen molar-refractivity contribution in [3.63, 3.8) is 0 Å². The summed E-state index contributed by atoms with van der Waals surface area (Å²) >= 11 is 0. The maximum Gasteiger partial charge on any atom is 0.141 e. The van der Waals surface area contributed by atoms with Crippen molar-refractivity contribution in [2.75, 3.05) is 19.5 Å². The molecule has 1 unspecified atom stereocenters. The third-order valence-electron chi connectivity index (χ3n) is 3.69. The molecule has 0 spiro atoms. The van der Waals surface area contributed by atoms with Crippen molar-refractivity contribution in [1.29, 1.82) is 0 Å². The molecule has 0 radical (unpaired) electrons. The number of aromatic nitrogens is 2. The topological polar surface area (TPSA) is 53.1 Å². The van der Waals surface area contributed by atoms with Crippen LogP contribution in [0.25, 0.3) is 11.4 Å². The van der Waals surface area contributed by atoms with Gasteiger partial charge in [0.05, 0.1) is 12.3 Å². The van der Waals surface area contributed by atoms with E-state index in [1.807, 2.05) is 18.2 Å². The van der Waals surface area contributed by atoms with Gasteiger partial charge in [0, 0.05) is 25.1 Å². The summed E-state index contributed by atoms with van der Waals surface area (Å²) in [7, 11) is 1.71. The van der Waals surface area contributed by atoms with Gasteiger partial charge in [0.1, 0.15) is 11.6 Å². The van der Waals surface area contributed by atoms with Crippen molar-refractivity contribution in [3.05, 3.63) is 36.0 Å². The second kappa shape index (κ2) is 7.27. The predicted molar refractivity (Wildman–Crippen MR) is 87.3 cm³/mol. The van der Waals surface area contributed by atoms with Crippen molar-refractivity contribution < 1.29 is 4.74 Å². The minimum Gasteiger partial charge on any atom is -0.384 e. The Balaban J connectivity index is 2.44. The van der Waals surface area contributed by atoms with E-state index >= 15 is 0 Å². The average molecular weight is 287 g/mol. The fourth-order valence-corrected chi connectivity index (χ4v) is 2.53. The molecule has 0 aliphatic heterocycles. The van der Waals surface area contributed by atoms with Crippen molar-refractivity contribution in [2.24, 2.45) is 0 Å². The number of rotatable bonds is 7. The third kappa shape index (κ3) is 3.45. The van der Waals surface area contributed by atoms with Crippen LogP contribution < -0.4 is 5.73 Å². The number of nitrogens with two attached hydrogens (primary N) is 1. The predicted octanol–water partition coefficient (Wildman–Crippen LogP) is 3.68. The zero-order valence-corrected chi connectivity index (χ0v) is 13.2. The number of methoxy groups -OCH3 is 1. The largest absolute Gasteiger partial charge is 0.384 e. The number of anilines is 1. The fourth-order valence-electron chi connectivity index (χ4n) is 2.53. The molecule has 1 heterocycles. The van der Waals surface area contributed by atoms with E-state index in [4.69, 9.17) is 15.5 Å². The summed E-state index contributed by atoms with van der Waals surface area (Å²) < 4.78 is 7.38. The highest BCUT2D eigenvalue weighted by Gasteiger charge is 2.20. The van der Waals surface area contributed by atoms with Crippen LogP contribution in [0.3, 0.4) is 0 Å². The first-order valence-corrected chi connectivity index (χ1v) is 7.59. The van der Waals surface area contributed by atoms with Gasteiger partial charge >= 0.3 is 0 Å². The molecular formula is C17H25N3O.